The van der Waals surface area contributed by atoms with E-state index in [9.17, 15) is 4.79 Å². The minimum atomic E-state index is -0.500. The number of nitrogens with zero attached hydrogens (tertiary/aromatic N) is 1. The van der Waals surface area contributed by atoms with E-state index in [1.165, 1.54) is 11.3 Å². The molecule has 0 atom stereocenters. The molecule has 0 saturated carbocycles. The number of benzene rings is 2. The summed E-state index contributed by atoms with van der Waals surface area (Å²) >= 11 is 1.50. The highest BCUT2D eigenvalue weighted by molar-refractivity contribution is 7.13. The van der Waals surface area contributed by atoms with Gasteiger partial charge in [-0.1, -0.05) is 18.2 Å². The Morgan fingerprint density at radius 1 is 1.15 bits per heavy atom. The van der Waals surface area contributed by atoms with Crippen LogP contribution in [0.4, 0.5) is 0 Å². The lowest BCUT2D eigenvalue weighted by atomic mass is 10.2. The zero-order valence-electron chi connectivity index (χ0n) is 14.0. The summed E-state index contributed by atoms with van der Waals surface area (Å²) < 4.78 is 16.0. The molecule has 0 saturated heterocycles. The monoisotopic (exact) mass is 365 g/mol. The molecule has 4 rings (SSSR count). The fraction of sp³-hybridized carbons (Fsp3) is 0.100. The van der Waals surface area contributed by atoms with Gasteiger partial charge in [-0.2, -0.15) is 0 Å². The van der Waals surface area contributed by atoms with E-state index < -0.39 is 5.97 Å². The lowest BCUT2D eigenvalue weighted by Gasteiger charge is -2.01. The Morgan fingerprint density at radius 2 is 1.96 bits per heavy atom. The molecule has 0 fully saturated rings. The van der Waals surface area contributed by atoms with Gasteiger partial charge in [0, 0.05) is 16.3 Å². The predicted octanol–water partition coefficient (Wildman–Crippen LogP) is 4.92. The van der Waals surface area contributed by atoms with Gasteiger partial charge < -0.3 is 13.9 Å². The van der Waals surface area contributed by atoms with Crippen LogP contribution in [0, 0.1) is 0 Å². The van der Waals surface area contributed by atoms with E-state index in [1.54, 1.807) is 13.2 Å². The molecule has 6 heteroatoms. The SMILES string of the molecule is COc1ccc(-c2nc(COC(=O)c3cc4ccccc4o3)cs2)cc1. The summed E-state index contributed by atoms with van der Waals surface area (Å²) in [6.45, 7) is 0.0997. The highest BCUT2D eigenvalue weighted by Gasteiger charge is 2.14. The smallest absolute Gasteiger partial charge is 0.374 e. The summed E-state index contributed by atoms with van der Waals surface area (Å²) in [7, 11) is 1.63. The second-order valence-corrected chi connectivity index (χ2v) is 6.46. The molecule has 0 aliphatic heterocycles. The number of carbonyl (C=O) groups excluding carboxylic acids is 1. The van der Waals surface area contributed by atoms with Gasteiger partial charge in [-0.3, -0.25) is 0 Å². The molecule has 5 nitrogen and oxygen atoms in total. The predicted molar refractivity (Wildman–Crippen MR) is 99.4 cm³/mol. The van der Waals surface area contributed by atoms with Crippen molar-refractivity contribution >= 4 is 28.3 Å². The summed E-state index contributed by atoms with van der Waals surface area (Å²) in [4.78, 5) is 16.7. The van der Waals surface area contributed by atoms with Crippen LogP contribution in [0.15, 0.2) is 64.4 Å². The van der Waals surface area contributed by atoms with Gasteiger partial charge in [-0.05, 0) is 36.4 Å². The zero-order valence-corrected chi connectivity index (χ0v) is 14.8. The van der Waals surface area contributed by atoms with Crippen molar-refractivity contribution in [3.8, 4) is 16.3 Å². The number of ether oxygens (including phenoxy) is 2. The molecule has 0 bridgehead atoms. The Hall–Kier alpha value is -3.12. The summed E-state index contributed by atoms with van der Waals surface area (Å²) in [6.07, 6.45) is 0. The second-order valence-electron chi connectivity index (χ2n) is 5.60. The highest BCUT2D eigenvalue weighted by atomic mass is 32.1. The van der Waals surface area contributed by atoms with Crippen LogP contribution < -0.4 is 4.74 Å². The van der Waals surface area contributed by atoms with Gasteiger partial charge in [0.15, 0.2) is 0 Å². The van der Waals surface area contributed by atoms with Gasteiger partial charge in [0.25, 0.3) is 0 Å². The minimum absolute atomic E-state index is 0.0997. The number of esters is 1. The molecule has 0 unspecified atom stereocenters. The first kappa shape index (κ1) is 16.4. The quantitative estimate of drug-likeness (QED) is 0.470. The third-order valence-corrected chi connectivity index (χ3v) is 4.81. The van der Waals surface area contributed by atoms with Crippen LogP contribution in [-0.4, -0.2) is 18.1 Å². The van der Waals surface area contributed by atoms with Crippen LogP contribution in [0.25, 0.3) is 21.5 Å². The average molecular weight is 365 g/mol. The van der Waals surface area contributed by atoms with E-state index in [2.05, 4.69) is 4.98 Å². The van der Waals surface area contributed by atoms with E-state index in [1.807, 2.05) is 53.9 Å². The van der Waals surface area contributed by atoms with Crippen LogP contribution in [0.5, 0.6) is 5.75 Å². The number of carbonyl (C=O) groups is 1. The van der Waals surface area contributed by atoms with Crippen LogP contribution >= 0.6 is 11.3 Å². The summed E-state index contributed by atoms with van der Waals surface area (Å²) in [5.74, 6) is 0.488. The fourth-order valence-corrected chi connectivity index (χ4v) is 3.34. The van der Waals surface area contributed by atoms with E-state index in [0.717, 1.165) is 21.7 Å². The Morgan fingerprint density at radius 3 is 2.73 bits per heavy atom. The standard InChI is InChI=1S/C20H15NO4S/c1-23-16-8-6-13(7-9-16)19-21-15(12-26-19)11-24-20(22)18-10-14-4-2-3-5-17(14)25-18/h2-10,12H,11H2,1H3. The molecule has 0 radical (unpaired) electrons. The summed E-state index contributed by atoms with van der Waals surface area (Å²) in [6, 6.07) is 16.8. The molecule has 0 aliphatic rings. The Kier molecular flexibility index (Phi) is 4.41. The fourth-order valence-electron chi connectivity index (χ4n) is 2.53. The van der Waals surface area contributed by atoms with Crippen molar-refractivity contribution in [2.24, 2.45) is 0 Å². The largest absolute Gasteiger partial charge is 0.497 e. The number of hydrogen-bond donors (Lipinski definition) is 0. The maximum absolute atomic E-state index is 12.2. The van der Waals surface area contributed by atoms with E-state index in [4.69, 9.17) is 13.9 Å². The topological polar surface area (TPSA) is 61.6 Å². The lowest BCUT2D eigenvalue weighted by molar-refractivity contribution is 0.0434. The molecule has 4 aromatic rings. The van der Waals surface area contributed by atoms with Crippen molar-refractivity contribution in [1.82, 2.24) is 4.98 Å². The first-order chi connectivity index (χ1) is 12.7. The van der Waals surface area contributed by atoms with Crippen LogP contribution in [0.3, 0.4) is 0 Å². The molecule has 0 N–H and O–H groups in total. The Labute approximate surface area is 153 Å². The van der Waals surface area contributed by atoms with Gasteiger partial charge in [-0.15, -0.1) is 11.3 Å². The van der Waals surface area contributed by atoms with Gasteiger partial charge in [0.05, 0.1) is 12.8 Å². The normalized spacial score (nSPS) is 10.8. The van der Waals surface area contributed by atoms with Crippen LogP contribution in [0.2, 0.25) is 0 Å². The Bertz CT molecular complexity index is 1020. The molecule has 0 aliphatic carbocycles. The van der Waals surface area contributed by atoms with Crippen LogP contribution in [-0.2, 0) is 11.3 Å². The summed E-state index contributed by atoms with van der Waals surface area (Å²) in [5, 5.41) is 3.61. The molecule has 130 valence electrons. The maximum Gasteiger partial charge on any atom is 0.374 e. The lowest BCUT2D eigenvalue weighted by Crippen LogP contribution is -2.04. The molecule has 2 aromatic heterocycles. The Balaban J connectivity index is 1.43. The van der Waals surface area contributed by atoms with Crippen molar-refractivity contribution in [3.05, 3.63) is 71.4 Å². The van der Waals surface area contributed by atoms with Crippen LogP contribution in [0.1, 0.15) is 16.2 Å². The number of para-hydroxylation sites is 1. The molecule has 0 spiro atoms. The van der Waals surface area contributed by atoms with Crippen molar-refractivity contribution in [3.63, 3.8) is 0 Å². The highest BCUT2D eigenvalue weighted by Crippen LogP contribution is 2.26. The number of methoxy groups -OCH3 is 1. The van der Waals surface area contributed by atoms with E-state index >= 15 is 0 Å². The van der Waals surface area contributed by atoms with Crippen molar-refractivity contribution in [2.75, 3.05) is 7.11 Å². The number of thiazole rings is 1. The maximum atomic E-state index is 12.2. The van der Waals surface area contributed by atoms with Gasteiger partial charge in [0.1, 0.15) is 22.9 Å². The first-order valence-electron chi connectivity index (χ1n) is 7.97. The average Bonchev–Trinajstić information content (AvgIpc) is 3.33. The van der Waals surface area contributed by atoms with Crippen molar-refractivity contribution in [2.45, 2.75) is 6.61 Å². The minimum Gasteiger partial charge on any atom is -0.497 e. The van der Waals surface area contributed by atoms with Crippen molar-refractivity contribution in [1.29, 1.82) is 0 Å². The van der Waals surface area contributed by atoms with Gasteiger partial charge in [-0.25, -0.2) is 9.78 Å². The molecular formula is C20H15NO4S. The molecule has 2 aromatic carbocycles. The number of rotatable bonds is 5. The molecule has 0 amide bonds. The summed E-state index contributed by atoms with van der Waals surface area (Å²) in [5.41, 5.74) is 2.35. The van der Waals surface area contributed by atoms with E-state index in [-0.39, 0.29) is 12.4 Å². The van der Waals surface area contributed by atoms with Crippen molar-refractivity contribution < 1.29 is 18.7 Å². The van der Waals surface area contributed by atoms with E-state index in [0.29, 0.717) is 11.3 Å². The number of aromatic nitrogens is 1. The third-order valence-electron chi connectivity index (χ3n) is 3.87. The van der Waals surface area contributed by atoms with Gasteiger partial charge >= 0.3 is 5.97 Å². The molecule has 26 heavy (non-hydrogen) atoms. The zero-order chi connectivity index (χ0) is 17.9. The number of hydrogen-bond acceptors (Lipinski definition) is 6. The van der Waals surface area contributed by atoms with Gasteiger partial charge in [0.2, 0.25) is 5.76 Å². The molecule has 2 heterocycles. The number of fused-ring (bicyclic) bond motifs is 1. The third kappa shape index (κ3) is 3.32. The second kappa shape index (κ2) is 7.01. The molecular weight excluding hydrogens is 350 g/mol. The first-order valence-corrected chi connectivity index (χ1v) is 8.85. The number of furan rings is 1.